The van der Waals surface area contributed by atoms with Gasteiger partial charge in [-0.2, -0.15) is 5.10 Å². The van der Waals surface area contributed by atoms with Crippen LogP contribution in [0.15, 0.2) is 15.4 Å². The van der Waals surface area contributed by atoms with E-state index < -0.39 is 0 Å². The van der Waals surface area contributed by atoms with Gasteiger partial charge in [0.05, 0.1) is 12.1 Å². The van der Waals surface area contributed by atoms with Crippen molar-refractivity contribution in [3.05, 3.63) is 33.8 Å². The van der Waals surface area contributed by atoms with Crippen molar-refractivity contribution in [3.8, 4) is 0 Å². The molecule has 2 rings (SSSR count). The van der Waals surface area contributed by atoms with Crippen molar-refractivity contribution in [2.75, 3.05) is 0 Å². The van der Waals surface area contributed by atoms with Gasteiger partial charge < -0.3 is 4.52 Å². The molecular formula is C12H18N4O2. The van der Waals surface area contributed by atoms with Gasteiger partial charge >= 0.3 is 5.69 Å². The van der Waals surface area contributed by atoms with Crippen LogP contribution in [0.25, 0.3) is 0 Å². The number of aryl methyl sites for hydroxylation is 2. The van der Waals surface area contributed by atoms with Gasteiger partial charge in [0.25, 0.3) is 0 Å². The monoisotopic (exact) mass is 250 g/mol. The van der Waals surface area contributed by atoms with Gasteiger partial charge in [0.15, 0.2) is 0 Å². The molecule has 0 N–H and O–H groups in total. The van der Waals surface area contributed by atoms with Crippen molar-refractivity contribution in [2.45, 2.75) is 46.7 Å². The molecule has 0 aromatic carbocycles. The molecule has 0 spiro atoms. The van der Waals surface area contributed by atoms with Crippen LogP contribution < -0.4 is 5.69 Å². The van der Waals surface area contributed by atoms with Crippen molar-refractivity contribution >= 4 is 0 Å². The number of nitrogens with zero attached hydrogens (tertiary/aromatic N) is 4. The van der Waals surface area contributed by atoms with Crippen LogP contribution in [0.3, 0.4) is 0 Å². The lowest BCUT2D eigenvalue weighted by Gasteiger charge is -2.16. The molecule has 2 aromatic rings. The van der Waals surface area contributed by atoms with E-state index in [1.807, 2.05) is 40.7 Å². The number of rotatable bonds is 2. The molecule has 0 aliphatic heterocycles. The fraction of sp³-hybridized carbons (Fsp3) is 0.583. The third kappa shape index (κ3) is 2.23. The summed E-state index contributed by atoms with van der Waals surface area (Å²) in [7, 11) is 0. The predicted octanol–water partition coefficient (Wildman–Crippen LogP) is 1.45. The smallest absolute Gasteiger partial charge is 0.346 e. The summed E-state index contributed by atoms with van der Waals surface area (Å²) < 4.78 is 8.09. The number of aromatic nitrogens is 4. The normalized spacial score (nSPS) is 12.1. The molecule has 0 fully saturated rings. The third-order valence-electron chi connectivity index (χ3n) is 2.68. The Balaban J connectivity index is 2.41. The molecule has 18 heavy (non-hydrogen) atoms. The Morgan fingerprint density at radius 3 is 2.44 bits per heavy atom. The van der Waals surface area contributed by atoms with Crippen molar-refractivity contribution in [3.63, 3.8) is 0 Å². The van der Waals surface area contributed by atoms with Gasteiger partial charge in [0.2, 0.25) is 0 Å². The molecule has 2 heterocycles. The second-order valence-electron chi connectivity index (χ2n) is 5.43. The minimum absolute atomic E-state index is 0.124. The number of hydrogen-bond donors (Lipinski definition) is 0. The van der Waals surface area contributed by atoms with Crippen LogP contribution in [0.1, 0.15) is 38.0 Å². The summed E-state index contributed by atoms with van der Waals surface area (Å²) in [6.07, 6.45) is 0. The maximum Gasteiger partial charge on any atom is 0.346 e. The van der Waals surface area contributed by atoms with Gasteiger partial charge in [0, 0.05) is 6.07 Å². The maximum absolute atomic E-state index is 12.3. The highest BCUT2D eigenvalue weighted by Crippen LogP contribution is 2.10. The van der Waals surface area contributed by atoms with Crippen molar-refractivity contribution in [1.82, 2.24) is 19.5 Å². The van der Waals surface area contributed by atoms with E-state index in [4.69, 9.17) is 4.52 Å². The SMILES string of the molecule is Cc1cc(Cn2c(C)nn(C(C)(C)C)c2=O)no1. The second-order valence-corrected chi connectivity index (χ2v) is 5.43. The van der Waals surface area contributed by atoms with Crippen molar-refractivity contribution in [1.29, 1.82) is 0 Å². The Hall–Kier alpha value is -1.85. The van der Waals surface area contributed by atoms with E-state index in [2.05, 4.69) is 10.3 Å². The molecule has 0 radical (unpaired) electrons. The average Bonchev–Trinajstić information content (AvgIpc) is 2.76. The molecule has 98 valence electrons. The largest absolute Gasteiger partial charge is 0.361 e. The Kier molecular flexibility index (Phi) is 2.88. The summed E-state index contributed by atoms with van der Waals surface area (Å²) in [5, 5.41) is 8.19. The van der Waals surface area contributed by atoms with Gasteiger partial charge in [0.1, 0.15) is 17.3 Å². The molecule has 0 aliphatic carbocycles. The van der Waals surface area contributed by atoms with Crippen molar-refractivity contribution in [2.24, 2.45) is 0 Å². The minimum Gasteiger partial charge on any atom is -0.361 e. The Morgan fingerprint density at radius 1 is 1.33 bits per heavy atom. The lowest BCUT2D eigenvalue weighted by atomic mass is 10.1. The van der Waals surface area contributed by atoms with Crippen LogP contribution in [-0.4, -0.2) is 19.5 Å². The first-order valence-corrected chi connectivity index (χ1v) is 5.88. The highest BCUT2D eigenvalue weighted by molar-refractivity contribution is 5.05. The Bertz CT molecular complexity index is 613. The van der Waals surface area contributed by atoms with E-state index >= 15 is 0 Å². The molecule has 0 unspecified atom stereocenters. The zero-order valence-electron chi connectivity index (χ0n) is 11.4. The maximum atomic E-state index is 12.3. The summed E-state index contributed by atoms with van der Waals surface area (Å²) in [5.41, 5.74) is 0.277. The summed E-state index contributed by atoms with van der Waals surface area (Å²) in [6.45, 7) is 9.88. The summed E-state index contributed by atoms with van der Waals surface area (Å²) >= 11 is 0. The van der Waals surface area contributed by atoms with E-state index in [1.165, 1.54) is 4.68 Å². The van der Waals surface area contributed by atoms with Gasteiger partial charge in [-0.05, 0) is 34.6 Å². The molecule has 0 saturated heterocycles. The first kappa shape index (κ1) is 12.6. The fourth-order valence-electron chi connectivity index (χ4n) is 1.77. The van der Waals surface area contributed by atoms with Crippen LogP contribution >= 0.6 is 0 Å². The first-order chi connectivity index (χ1) is 8.29. The molecule has 2 aromatic heterocycles. The minimum atomic E-state index is -0.327. The quantitative estimate of drug-likeness (QED) is 0.809. The lowest BCUT2D eigenvalue weighted by Crippen LogP contribution is -2.36. The lowest BCUT2D eigenvalue weighted by molar-refractivity contribution is 0.339. The molecule has 0 aliphatic rings. The summed E-state index contributed by atoms with van der Waals surface area (Å²) in [6, 6.07) is 1.82. The van der Waals surface area contributed by atoms with Crippen LogP contribution in [0.2, 0.25) is 0 Å². The molecule has 6 heteroatoms. The van der Waals surface area contributed by atoms with E-state index in [0.29, 0.717) is 12.4 Å². The topological polar surface area (TPSA) is 65.8 Å². The molecule has 0 amide bonds. The van der Waals surface area contributed by atoms with Gasteiger partial charge in [-0.25, -0.2) is 9.48 Å². The Labute approximate surface area is 105 Å². The van der Waals surface area contributed by atoms with Gasteiger partial charge in [-0.1, -0.05) is 5.16 Å². The third-order valence-corrected chi connectivity index (χ3v) is 2.68. The van der Waals surface area contributed by atoms with E-state index in [-0.39, 0.29) is 11.2 Å². The number of hydrogen-bond acceptors (Lipinski definition) is 4. The van der Waals surface area contributed by atoms with E-state index in [1.54, 1.807) is 4.57 Å². The molecular weight excluding hydrogens is 232 g/mol. The molecule has 6 nitrogen and oxygen atoms in total. The Morgan fingerprint density at radius 2 is 2.00 bits per heavy atom. The molecule has 0 saturated carbocycles. The van der Waals surface area contributed by atoms with Gasteiger partial charge in [-0.15, -0.1) is 0 Å². The fourth-order valence-corrected chi connectivity index (χ4v) is 1.77. The second kappa shape index (κ2) is 4.12. The highest BCUT2D eigenvalue weighted by atomic mass is 16.5. The standard InChI is InChI=1S/C12H18N4O2/c1-8-6-10(14-18-8)7-15-9(2)13-16(11(15)17)12(3,4)5/h6H,7H2,1-5H3. The summed E-state index contributed by atoms with van der Waals surface area (Å²) in [5.74, 6) is 1.41. The van der Waals surface area contributed by atoms with Gasteiger partial charge in [-0.3, -0.25) is 4.57 Å². The van der Waals surface area contributed by atoms with Crippen LogP contribution in [0.4, 0.5) is 0 Å². The molecule has 0 bridgehead atoms. The van der Waals surface area contributed by atoms with Crippen LogP contribution in [0.5, 0.6) is 0 Å². The van der Waals surface area contributed by atoms with Crippen LogP contribution in [0, 0.1) is 13.8 Å². The van der Waals surface area contributed by atoms with Crippen molar-refractivity contribution < 1.29 is 4.52 Å². The molecule has 0 atom stereocenters. The first-order valence-electron chi connectivity index (χ1n) is 5.88. The summed E-state index contributed by atoms with van der Waals surface area (Å²) in [4.78, 5) is 12.3. The van der Waals surface area contributed by atoms with E-state index in [0.717, 1.165) is 11.5 Å². The van der Waals surface area contributed by atoms with E-state index in [9.17, 15) is 4.79 Å². The highest BCUT2D eigenvalue weighted by Gasteiger charge is 2.21. The van der Waals surface area contributed by atoms with Crippen LogP contribution in [-0.2, 0) is 12.1 Å². The predicted molar refractivity (Wildman–Crippen MR) is 66.6 cm³/mol. The zero-order valence-corrected chi connectivity index (χ0v) is 11.4. The zero-order chi connectivity index (χ0) is 13.5. The average molecular weight is 250 g/mol.